The average molecular weight is 285 g/mol. The maximum atomic E-state index is 11.1. The van der Waals surface area contributed by atoms with Crippen LogP contribution in [0.3, 0.4) is 0 Å². The SMILES string of the molecule is C=CCn1cc(-c2cccc(CCOC(=O)CC)c2)nn1. The Morgan fingerprint density at radius 3 is 3.10 bits per heavy atom. The number of hydrogen-bond acceptors (Lipinski definition) is 4. The maximum Gasteiger partial charge on any atom is 0.305 e. The molecule has 2 rings (SSSR count). The highest BCUT2D eigenvalue weighted by molar-refractivity contribution is 5.68. The molecule has 0 amide bonds. The molecule has 110 valence electrons. The summed E-state index contributed by atoms with van der Waals surface area (Å²) in [5, 5.41) is 8.18. The third-order valence-electron chi connectivity index (χ3n) is 3.02. The highest BCUT2D eigenvalue weighted by Gasteiger charge is 2.05. The molecular weight excluding hydrogens is 266 g/mol. The molecule has 0 aliphatic rings. The maximum absolute atomic E-state index is 11.1. The van der Waals surface area contributed by atoms with Crippen molar-refractivity contribution in [3.05, 3.63) is 48.7 Å². The summed E-state index contributed by atoms with van der Waals surface area (Å²) in [5.41, 5.74) is 2.93. The first-order valence-electron chi connectivity index (χ1n) is 6.99. The second kappa shape index (κ2) is 7.38. The largest absolute Gasteiger partial charge is 0.465 e. The van der Waals surface area contributed by atoms with Gasteiger partial charge >= 0.3 is 5.97 Å². The minimum absolute atomic E-state index is 0.168. The molecule has 0 radical (unpaired) electrons. The first-order chi connectivity index (χ1) is 10.2. The number of esters is 1. The van der Waals surface area contributed by atoms with Gasteiger partial charge in [-0.3, -0.25) is 4.79 Å². The van der Waals surface area contributed by atoms with Crippen LogP contribution in [-0.2, 0) is 22.5 Å². The lowest BCUT2D eigenvalue weighted by molar-refractivity contribution is -0.143. The Bertz CT molecular complexity index is 619. The van der Waals surface area contributed by atoms with Crippen LogP contribution in [0.2, 0.25) is 0 Å². The van der Waals surface area contributed by atoms with Crippen molar-refractivity contribution in [3.8, 4) is 11.3 Å². The van der Waals surface area contributed by atoms with E-state index in [0.29, 0.717) is 26.0 Å². The monoisotopic (exact) mass is 285 g/mol. The molecule has 0 spiro atoms. The van der Waals surface area contributed by atoms with Crippen molar-refractivity contribution in [2.45, 2.75) is 26.3 Å². The molecule has 1 aromatic carbocycles. The summed E-state index contributed by atoms with van der Waals surface area (Å²) >= 11 is 0. The van der Waals surface area contributed by atoms with E-state index in [1.165, 1.54) is 0 Å². The van der Waals surface area contributed by atoms with Gasteiger partial charge in [-0.15, -0.1) is 11.7 Å². The fourth-order valence-electron chi connectivity index (χ4n) is 1.92. The Balaban J connectivity index is 2.02. The van der Waals surface area contributed by atoms with Gasteiger partial charge in [0, 0.05) is 18.4 Å². The average Bonchev–Trinajstić information content (AvgIpc) is 2.96. The van der Waals surface area contributed by atoms with Gasteiger partial charge in [0.15, 0.2) is 0 Å². The van der Waals surface area contributed by atoms with Crippen LogP contribution in [0.4, 0.5) is 0 Å². The zero-order valence-electron chi connectivity index (χ0n) is 12.2. The molecule has 1 aromatic heterocycles. The van der Waals surface area contributed by atoms with Gasteiger partial charge in [0.05, 0.1) is 19.3 Å². The molecule has 0 saturated heterocycles. The molecule has 21 heavy (non-hydrogen) atoms. The molecule has 0 fully saturated rings. The molecule has 0 N–H and O–H groups in total. The van der Waals surface area contributed by atoms with Crippen LogP contribution in [0.25, 0.3) is 11.3 Å². The second-order valence-corrected chi connectivity index (χ2v) is 4.64. The fraction of sp³-hybridized carbons (Fsp3) is 0.312. The van der Waals surface area contributed by atoms with Crippen LogP contribution >= 0.6 is 0 Å². The summed E-state index contributed by atoms with van der Waals surface area (Å²) in [6.45, 7) is 6.50. The number of carbonyl (C=O) groups excluding carboxylic acids is 1. The third-order valence-corrected chi connectivity index (χ3v) is 3.02. The standard InChI is InChI=1S/C16H19N3O2/c1-3-9-19-12-15(17-18-19)14-7-5-6-13(11-14)8-10-21-16(20)4-2/h3,5-7,11-12H,1,4,8-10H2,2H3. The molecule has 0 saturated carbocycles. The number of ether oxygens (including phenoxy) is 1. The van der Waals surface area contributed by atoms with Gasteiger partial charge in [0.2, 0.25) is 0 Å². The molecule has 0 unspecified atom stereocenters. The Morgan fingerprint density at radius 2 is 2.33 bits per heavy atom. The van der Waals surface area contributed by atoms with E-state index in [4.69, 9.17) is 4.74 Å². The number of hydrogen-bond donors (Lipinski definition) is 0. The molecule has 5 heteroatoms. The van der Waals surface area contributed by atoms with E-state index in [2.05, 4.69) is 16.9 Å². The Morgan fingerprint density at radius 1 is 1.48 bits per heavy atom. The summed E-state index contributed by atoms with van der Waals surface area (Å²) in [7, 11) is 0. The van der Waals surface area contributed by atoms with Crippen molar-refractivity contribution in [2.24, 2.45) is 0 Å². The number of allylic oxidation sites excluding steroid dienone is 1. The highest BCUT2D eigenvalue weighted by Crippen LogP contribution is 2.18. The summed E-state index contributed by atoms with van der Waals surface area (Å²) in [6.07, 6.45) is 4.77. The van der Waals surface area contributed by atoms with Crippen LogP contribution in [0.5, 0.6) is 0 Å². The van der Waals surface area contributed by atoms with Crippen molar-refractivity contribution >= 4 is 5.97 Å². The molecule has 0 atom stereocenters. The number of benzene rings is 1. The van der Waals surface area contributed by atoms with Crippen molar-refractivity contribution in [3.63, 3.8) is 0 Å². The van der Waals surface area contributed by atoms with E-state index >= 15 is 0 Å². The fourth-order valence-corrected chi connectivity index (χ4v) is 1.92. The van der Waals surface area contributed by atoms with Crippen molar-refractivity contribution < 1.29 is 9.53 Å². The lowest BCUT2D eigenvalue weighted by atomic mass is 10.1. The Labute approximate surface area is 124 Å². The van der Waals surface area contributed by atoms with Crippen molar-refractivity contribution in [1.29, 1.82) is 0 Å². The lowest BCUT2D eigenvalue weighted by Crippen LogP contribution is -2.05. The predicted molar refractivity (Wildman–Crippen MR) is 80.6 cm³/mol. The van der Waals surface area contributed by atoms with Gasteiger partial charge in [-0.05, 0) is 11.6 Å². The van der Waals surface area contributed by atoms with E-state index in [0.717, 1.165) is 16.8 Å². The normalized spacial score (nSPS) is 10.3. The lowest BCUT2D eigenvalue weighted by Gasteiger charge is -2.04. The molecule has 0 bridgehead atoms. The van der Waals surface area contributed by atoms with Crippen LogP contribution in [0, 0.1) is 0 Å². The van der Waals surface area contributed by atoms with E-state index in [1.54, 1.807) is 17.7 Å². The smallest absolute Gasteiger partial charge is 0.305 e. The Kier molecular flexibility index (Phi) is 5.26. The minimum atomic E-state index is -0.168. The molecule has 1 heterocycles. The number of rotatable bonds is 7. The molecule has 2 aromatic rings. The Hall–Kier alpha value is -2.43. The zero-order valence-corrected chi connectivity index (χ0v) is 12.2. The molecule has 0 aliphatic heterocycles. The summed E-state index contributed by atoms with van der Waals surface area (Å²) < 4.78 is 6.83. The second-order valence-electron chi connectivity index (χ2n) is 4.64. The quantitative estimate of drug-likeness (QED) is 0.579. The van der Waals surface area contributed by atoms with E-state index in [9.17, 15) is 4.79 Å². The molecular formula is C16H19N3O2. The summed E-state index contributed by atoms with van der Waals surface area (Å²) in [5.74, 6) is -0.168. The predicted octanol–water partition coefficient (Wildman–Crippen LogP) is 2.63. The van der Waals surface area contributed by atoms with E-state index in [-0.39, 0.29) is 5.97 Å². The number of nitrogens with zero attached hydrogens (tertiary/aromatic N) is 3. The van der Waals surface area contributed by atoms with Gasteiger partial charge in [-0.25, -0.2) is 4.68 Å². The topological polar surface area (TPSA) is 57.0 Å². The minimum Gasteiger partial charge on any atom is -0.465 e. The van der Waals surface area contributed by atoms with Crippen LogP contribution in [-0.4, -0.2) is 27.6 Å². The third kappa shape index (κ3) is 4.27. The first kappa shape index (κ1) is 15.0. The van der Waals surface area contributed by atoms with Gasteiger partial charge in [0.1, 0.15) is 5.69 Å². The molecule has 5 nitrogen and oxygen atoms in total. The summed E-state index contributed by atoms with van der Waals surface area (Å²) in [6, 6.07) is 8.02. The van der Waals surface area contributed by atoms with Gasteiger partial charge in [-0.1, -0.05) is 36.4 Å². The highest BCUT2D eigenvalue weighted by atomic mass is 16.5. The first-order valence-corrected chi connectivity index (χ1v) is 6.99. The van der Waals surface area contributed by atoms with Crippen LogP contribution < -0.4 is 0 Å². The number of carbonyl (C=O) groups is 1. The van der Waals surface area contributed by atoms with Gasteiger partial charge < -0.3 is 4.74 Å². The number of aromatic nitrogens is 3. The van der Waals surface area contributed by atoms with Crippen LogP contribution in [0.15, 0.2) is 43.1 Å². The molecule has 0 aliphatic carbocycles. The van der Waals surface area contributed by atoms with Crippen molar-refractivity contribution in [2.75, 3.05) is 6.61 Å². The summed E-state index contributed by atoms with van der Waals surface area (Å²) in [4.78, 5) is 11.1. The van der Waals surface area contributed by atoms with E-state index < -0.39 is 0 Å². The van der Waals surface area contributed by atoms with Gasteiger partial charge in [-0.2, -0.15) is 0 Å². The van der Waals surface area contributed by atoms with Gasteiger partial charge in [0.25, 0.3) is 0 Å². The van der Waals surface area contributed by atoms with Crippen molar-refractivity contribution in [1.82, 2.24) is 15.0 Å². The zero-order chi connectivity index (χ0) is 15.1. The van der Waals surface area contributed by atoms with E-state index in [1.807, 2.05) is 30.5 Å². The van der Waals surface area contributed by atoms with Crippen LogP contribution in [0.1, 0.15) is 18.9 Å².